The van der Waals surface area contributed by atoms with Gasteiger partial charge in [-0.2, -0.15) is 0 Å². The van der Waals surface area contributed by atoms with Gasteiger partial charge in [0.2, 0.25) is 5.90 Å². The van der Waals surface area contributed by atoms with Gasteiger partial charge in [-0.15, -0.1) is 0 Å². The Balaban J connectivity index is 1.62. The Morgan fingerprint density at radius 2 is 2.00 bits per heavy atom. The van der Waals surface area contributed by atoms with Crippen molar-refractivity contribution in [2.24, 2.45) is 10.9 Å². The molecule has 0 unspecified atom stereocenters. The monoisotopic (exact) mass is 359 g/mol. The molecule has 5 nitrogen and oxygen atoms in total. The normalized spacial score (nSPS) is 24.6. The summed E-state index contributed by atoms with van der Waals surface area (Å²) in [6, 6.07) is 5.50. The summed E-state index contributed by atoms with van der Waals surface area (Å²) in [5.74, 6) is -0.846. The van der Waals surface area contributed by atoms with Crippen LogP contribution in [0.15, 0.2) is 35.6 Å². The molecular weight excluding hydrogens is 340 g/mol. The van der Waals surface area contributed by atoms with E-state index < -0.39 is 17.7 Å². The zero-order valence-electron chi connectivity index (χ0n) is 14.3. The van der Waals surface area contributed by atoms with Crippen molar-refractivity contribution in [2.45, 2.75) is 44.4 Å². The van der Waals surface area contributed by atoms with Gasteiger partial charge >= 0.3 is 0 Å². The van der Waals surface area contributed by atoms with E-state index >= 15 is 0 Å². The molecule has 26 heavy (non-hydrogen) atoms. The van der Waals surface area contributed by atoms with Crippen molar-refractivity contribution in [1.82, 2.24) is 4.98 Å². The van der Waals surface area contributed by atoms with Crippen molar-refractivity contribution in [3.05, 3.63) is 53.4 Å². The second kappa shape index (κ2) is 6.64. The maximum Gasteiger partial charge on any atom is 0.230 e. The average Bonchev–Trinajstić information content (AvgIpc) is 3.07. The van der Waals surface area contributed by atoms with Gasteiger partial charge in [-0.3, -0.25) is 4.98 Å². The van der Waals surface area contributed by atoms with Gasteiger partial charge in [0.1, 0.15) is 17.7 Å². The van der Waals surface area contributed by atoms with E-state index in [-0.39, 0.29) is 17.7 Å². The van der Waals surface area contributed by atoms with Crippen molar-refractivity contribution in [1.29, 1.82) is 0 Å². The Morgan fingerprint density at radius 1 is 1.23 bits per heavy atom. The Hall–Kier alpha value is -2.54. The Kier molecular flexibility index (Phi) is 4.32. The standard InChI is InChI=1S/C19H19F2N3O2/c1-10-7-11(18-12(20)3-2-4-13(18)21)19(23-9-10)16-8-17(24-26-16)25-15-6-5-14(15)22/h2-4,7,9,14-16H,5-6,8,22H2,1H3/t14-,15-,16-/m0/s1. The maximum atomic E-state index is 14.3. The molecule has 4 rings (SSSR count). The summed E-state index contributed by atoms with van der Waals surface area (Å²) in [6.07, 6.45) is 3.20. The van der Waals surface area contributed by atoms with Crippen molar-refractivity contribution in [3.8, 4) is 11.1 Å². The molecule has 2 heterocycles. The molecule has 1 aliphatic heterocycles. The quantitative estimate of drug-likeness (QED) is 0.909. The van der Waals surface area contributed by atoms with Gasteiger partial charge in [0, 0.05) is 17.8 Å². The van der Waals surface area contributed by atoms with Crippen LogP contribution in [0.3, 0.4) is 0 Å². The number of benzene rings is 1. The third-order valence-electron chi connectivity index (χ3n) is 4.78. The first-order valence-corrected chi connectivity index (χ1v) is 8.59. The van der Waals surface area contributed by atoms with Crippen LogP contribution in [0, 0.1) is 18.6 Å². The van der Waals surface area contributed by atoms with Gasteiger partial charge in [0.05, 0.1) is 17.7 Å². The van der Waals surface area contributed by atoms with E-state index in [1.165, 1.54) is 18.2 Å². The minimum atomic E-state index is -0.644. The highest BCUT2D eigenvalue weighted by Gasteiger charge is 2.35. The number of oxime groups is 1. The Morgan fingerprint density at radius 3 is 2.65 bits per heavy atom. The number of halogens is 2. The van der Waals surface area contributed by atoms with Crippen LogP contribution in [0.5, 0.6) is 0 Å². The predicted molar refractivity (Wildman–Crippen MR) is 92.3 cm³/mol. The van der Waals surface area contributed by atoms with E-state index in [1.54, 1.807) is 12.3 Å². The molecule has 3 atom stereocenters. The molecule has 1 saturated carbocycles. The van der Waals surface area contributed by atoms with Gasteiger partial charge in [-0.1, -0.05) is 11.2 Å². The first kappa shape index (κ1) is 16.9. The zero-order valence-corrected chi connectivity index (χ0v) is 14.3. The van der Waals surface area contributed by atoms with Crippen molar-refractivity contribution in [3.63, 3.8) is 0 Å². The molecule has 0 amide bonds. The van der Waals surface area contributed by atoms with E-state index in [9.17, 15) is 8.78 Å². The summed E-state index contributed by atoms with van der Waals surface area (Å²) < 4.78 is 34.4. The SMILES string of the molecule is Cc1cnc([C@@H]2CC(O[C@H]3CC[C@@H]3N)=NO2)c(-c2c(F)cccc2F)c1. The van der Waals surface area contributed by atoms with Crippen LogP contribution in [0.25, 0.3) is 11.1 Å². The van der Waals surface area contributed by atoms with E-state index in [1.807, 2.05) is 6.92 Å². The van der Waals surface area contributed by atoms with Crippen LogP contribution in [0.4, 0.5) is 8.78 Å². The second-order valence-electron chi connectivity index (χ2n) is 6.72. The number of nitrogens with zero attached hydrogens (tertiary/aromatic N) is 2. The fourth-order valence-corrected chi connectivity index (χ4v) is 3.18. The summed E-state index contributed by atoms with van der Waals surface area (Å²) in [5, 5.41) is 3.96. The molecular formula is C19H19F2N3O2. The highest BCUT2D eigenvalue weighted by Crippen LogP contribution is 2.37. The van der Waals surface area contributed by atoms with E-state index in [0.29, 0.717) is 23.6 Å². The fourth-order valence-electron chi connectivity index (χ4n) is 3.18. The fraction of sp³-hybridized carbons (Fsp3) is 0.368. The summed E-state index contributed by atoms with van der Waals surface area (Å²) >= 11 is 0. The van der Waals surface area contributed by atoms with Crippen LogP contribution in [0.1, 0.15) is 36.6 Å². The van der Waals surface area contributed by atoms with Crippen LogP contribution in [-0.2, 0) is 9.57 Å². The zero-order chi connectivity index (χ0) is 18.3. The molecule has 1 aromatic heterocycles. The molecule has 136 valence electrons. The molecule has 0 bridgehead atoms. The minimum Gasteiger partial charge on any atom is -0.474 e. The molecule has 0 saturated heterocycles. The average molecular weight is 359 g/mol. The first-order chi connectivity index (χ1) is 12.5. The number of nitrogens with two attached hydrogens (primary N) is 1. The first-order valence-electron chi connectivity index (χ1n) is 8.59. The predicted octanol–water partition coefficient (Wildman–Crippen LogP) is 3.62. The molecule has 1 aromatic carbocycles. The lowest BCUT2D eigenvalue weighted by atomic mass is 9.90. The van der Waals surface area contributed by atoms with Crippen LogP contribution < -0.4 is 5.73 Å². The molecule has 2 aliphatic rings. The van der Waals surface area contributed by atoms with Crippen LogP contribution >= 0.6 is 0 Å². The van der Waals surface area contributed by atoms with Gasteiger partial charge in [0.15, 0.2) is 6.10 Å². The Labute approximate surface area is 149 Å². The molecule has 0 radical (unpaired) electrons. The summed E-state index contributed by atoms with van der Waals surface area (Å²) in [7, 11) is 0. The van der Waals surface area contributed by atoms with Crippen molar-refractivity contribution < 1.29 is 18.4 Å². The number of pyridine rings is 1. The third-order valence-corrected chi connectivity index (χ3v) is 4.78. The summed E-state index contributed by atoms with van der Waals surface area (Å²) in [5.41, 5.74) is 7.35. The lowest BCUT2D eigenvalue weighted by Gasteiger charge is -2.33. The van der Waals surface area contributed by atoms with E-state index in [4.69, 9.17) is 15.3 Å². The highest BCUT2D eigenvalue weighted by molar-refractivity contribution is 5.78. The third kappa shape index (κ3) is 3.03. The largest absolute Gasteiger partial charge is 0.474 e. The molecule has 0 spiro atoms. The number of aryl methyl sites for hydroxylation is 1. The lowest BCUT2D eigenvalue weighted by Crippen LogP contribution is -2.46. The van der Waals surface area contributed by atoms with E-state index in [0.717, 1.165) is 18.4 Å². The Bertz CT molecular complexity index is 852. The number of rotatable bonds is 3. The van der Waals surface area contributed by atoms with Gasteiger partial charge in [-0.05, 0) is 43.5 Å². The van der Waals surface area contributed by atoms with Gasteiger partial charge < -0.3 is 15.3 Å². The minimum absolute atomic E-state index is 0.0114. The smallest absolute Gasteiger partial charge is 0.230 e. The van der Waals surface area contributed by atoms with Gasteiger partial charge in [0.25, 0.3) is 0 Å². The van der Waals surface area contributed by atoms with Crippen LogP contribution in [-0.4, -0.2) is 23.0 Å². The second-order valence-corrected chi connectivity index (χ2v) is 6.72. The van der Waals surface area contributed by atoms with Crippen molar-refractivity contribution >= 4 is 5.90 Å². The lowest BCUT2D eigenvalue weighted by molar-refractivity contribution is 0.0731. The topological polar surface area (TPSA) is 69.7 Å². The summed E-state index contributed by atoms with van der Waals surface area (Å²) in [6.45, 7) is 1.82. The number of hydrogen-bond donors (Lipinski definition) is 1. The molecule has 7 heteroatoms. The number of ether oxygens (including phenoxy) is 1. The highest BCUT2D eigenvalue weighted by atomic mass is 19.1. The molecule has 2 aromatic rings. The number of hydrogen-bond acceptors (Lipinski definition) is 5. The molecule has 1 fully saturated rings. The molecule has 1 aliphatic carbocycles. The number of aromatic nitrogens is 1. The van der Waals surface area contributed by atoms with E-state index in [2.05, 4.69) is 10.1 Å². The van der Waals surface area contributed by atoms with Gasteiger partial charge in [-0.25, -0.2) is 8.78 Å². The van der Waals surface area contributed by atoms with Crippen LogP contribution in [0.2, 0.25) is 0 Å². The molecule has 2 N–H and O–H groups in total. The maximum absolute atomic E-state index is 14.3. The summed E-state index contributed by atoms with van der Waals surface area (Å²) in [4.78, 5) is 9.82. The van der Waals surface area contributed by atoms with Crippen molar-refractivity contribution in [2.75, 3.05) is 0 Å².